The zero-order chi connectivity index (χ0) is 14.5. The van der Waals surface area contributed by atoms with Crippen LogP contribution in [0.2, 0.25) is 0 Å². The molecule has 0 heteroatoms. The molecule has 1 aromatic rings. The van der Waals surface area contributed by atoms with Gasteiger partial charge in [-0.1, -0.05) is 59.2 Å². The maximum Gasteiger partial charge on any atom is -0.00391 e. The molecule has 110 valence electrons. The van der Waals surface area contributed by atoms with Crippen molar-refractivity contribution in [1.82, 2.24) is 0 Å². The number of hydrogen-bond donors (Lipinski definition) is 0. The van der Waals surface area contributed by atoms with Crippen LogP contribution in [0.3, 0.4) is 0 Å². The molecule has 0 radical (unpaired) electrons. The van der Waals surface area contributed by atoms with Crippen LogP contribution in [0.4, 0.5) is 0 Å². The van der Waals surface area contributed by atoms with Crippen molar-refractivity contribution in [2.45, 2.75) is 78.1 Å². The average Bonchev–Trinajstić information content (AvgIpc) is 2.37. The normalized spacial score (nSPS) is 31.8. The van der Waals surface area contributed by atoms with E-state index in [4.69, 9.17) is 0 Å². The van der Waals surface area contributed by atoms with Crippen molar-refractivity contribution < 1.29 is 0 Å². The van der Waals surface area contributed by atoms with Gasteiger partial charge in [0.2, 0.25) is 0 Å². The molecule has 3 rings (SSSR count). The van der Waals surface area contributed by atoms with Crippen LogP contribution < -0.4 is 0 Å². The van der Waals surface area contributed by atoms with Crippen LogP contribution in [0, 0.1) is 11.3 Å². The highest BCUT2D eigenvalue weighted by Crippen LogP contribution is 2.57. The largest absolute Gasteiger partial charge is 0.0596 e. The Morgan fingerprint density at radius 2 is 1.85 bits per heavy atom. The van der Waals surface area contributed by atoms with Crippen LogP contribution in [-0.2, 0) is 11.8 Å². The fourth-order valence-corrected chi connectivity index (χ4v) is 5.19. The number of aryl methyl sites for hydroxylation is 1. The molecule has 0 heterocycles. The van der Waals surface area contributed by atoms with E-state index in [0.29, 0.717) is 16.7 Å². The van der Waals surface area contributed by atoms with Crippen LogP contribution in [0.5, 0.6) is 0 Å². The van der Waals surface area contributed by atoms with Gasteiger partial charge >= 0.3 is 0 Å². The van der Waals surface area contributed by atoms with Gasteiger partial charge in [-0.15, -0.1) is 0 Å². The lowest BCUT2D eigenvalue weighted by Crippen LogP contribution is -2.47. The molecule has 20 heavy (non-hydrogen) atoms. The molecular weight excluding hydrogens is 240 g/mol. The van der Waals surface area contributed by atoms with Crippen molar-refractivity contribution >= 4 is 0 Å². The van der Waals surface area contributed by atoms with Gasteiger partial charge in [0, 0.05) is 0 Å². The summed E-state index contributed by atoms with van der Waals surface area (Å²) in [5.74, 6) is 1.51. The Kier molecular flexibility index (Phi) is 3.27. The zero-order valence-electron chi connectivity index (χ0n) is 13.9. The second-order valence-corrected chi connectivity index (χ2v) is 8.42. The number of rotatable bonds is 1. The lowest BCUT2D eigenvalue weighted by molar-refractivity contribution is 0.0407. The van der Waals surface area contributed by atoms with Crippen LogP contribution in [0.25, 0.3) is 0 Å². The third kappa shape index (κ3) is 2.03. The van der Waals surface area contributed by atoms with Gasteiger partial charge in [-0.25, -0.2) is 0 Å². The fourth-order valence-electron chi connectivity index (χ4n) is 5.19. The molecular formula is C20H30. The second-order valence-electron chi connectivity index (χ2n) is 8.42. The van der Waals surface area contributed by atoms with E-state index in [-0.39, 0.29) is 0 Å². The molecule has 2 aliphatic carbocycles. The predicted molar refractivity (Wildman–Crippen MR) is 87.3 cm³/mol. The Hall–Kier alpha value is -0.780. The minimum absolute atomic E-state index is 0.421. The lowest BCUT2D eigenvalue weighted by Gasteiger charge is -2.54. The zero-order valence-corrected chi connectivity index (χ0v) is 13.9. The van der Waals surface area contributed by atoms with E-state index >= 15 is 0 Å². The molecule has 0 amide bonds. The highest BCUT2D eigenvalue weighted by Gasteiger charge is 2.49. The molecule has 1 fully saturated rings. The van der Waals surface area contributed by atoms with Crippen LogP contribution >= 0.6 is 0 Å². The third-order valence-electron chi connectivity index (χ3n) is 6.34. The van der Waals surface area contributed by atoms with Crippen LogP contribution in [0.15, 0.2) is 18.2 Å². The van der Waals surface area contributed by atoms with Crippen molar-refractivity contribution in [3.8, 4) is 0 Å². The van der Waals surface area contributed by atoms with Crippen LogP contribution in [-0.4, -0.2) is 0 Å². The van der Waals surface area contributed by atoms with Crippen molar-refractivity contribution in [2.24, 2.45) is 11.3 Å². The van der Waals surface area contributed by atoms with E-state index in [1.807, 2.05) is 0 Å². The van der Waals surface area contributed by atoms with Gasteiger partial charge in [-0.3, -0.25) is 0 Å². The molecule has 0 N–H and O–H groups in total. The first-order chi connectivity index (χ1) is 9.34. The molecule has 0 saturated heterocycles. The van der Waals surface area contributed by atoms with Gasteiger partial charge in [-0.05, 0) is 65.0 Å². The summed E-state index contributed by atoms with van der Waals surface area (Å²) in [7, 11) is 0. The summed E-state index contributed by atoms with van der Waals surface area (Å²) in [6.07, 6.45) is 6.87. The van der Waals surface area contributed by atoms with Crippen LogP contribution in [0.1, 0.15) is 82.9 Å². The summed E-state index contributed by atoms with van der Waals surface area (Å²) in [5, 5.41) is 0. The second kappa shape index (κ2) is 4.61. The molecule has 0 spiro atoms. The van der Waals surface area contributed by atoms with Gasteiger partial charge in [0.25, 0.3) is 0 Å². The highest BCUT2D eigenvalue weighted by atomic mass is 14.5. The summed E-state index contributed by atoms with van der Waals surface area (Å²) in [5.41, 5.74) is 5.77. The van der Waals surface area contributed by atoms with E-state index in [1.54, 1.807) is 11.1 Å². The van der Waals surface area contributed by atoms with Gasteiger partial charge in [0.1, 0.15) is 0 Å². The molecule has 1 aromatic carbocycles. The van der Waals surface area contributed by atoms with Gasteiger partial charge in [-0.2, -0.15) is 0 Å². The lowest BCUT2D eigenvalue weighted by atomic mass is 9.50. The summed E-state index contributed by atoms with van der Waals surface area (Å²) < 4.78 is 0. The van der Waals surface area contributed by atoms with E-state index in [1.165, 1.54) is 37.7 Å². The van der Waals surface area contributed by atoms with Gasteiger partial charge in [0.05, 0.1) is 0 Å². The molecule has 0 nitrogen and oxygen atoms in total. The summed E-state index contributed by atoms with van der Waals surface area (Å²) in [6.45, 7) is 12.2. The summed E-state index contributed by atoms with van der Waals surface area (Å²) in [4.78, 5) is 0. The monoisotopic (exact) mass is 270 g/mol. The molecule has 2 atom stereocenters. The minimum atomic E-state index is 0.421. The van der Waals surface area contributed by atoms with Crippen molar-refractivity contribution in [1.29, 1.82) is 0 Å². The molecule has 0 bridgehead atoms. The highest BCUT2D eigenvalue weighted by molar-refractivity contribution is 5.42. The standard InChI is InChI=1S/C20H30/c1-14(2)15-7-9-17-16(13-15)8-10-18-19(3,4)11-6-12-20(17,18)5/h7,9,13-14,18H,6,8,10-12H2,1-5H3/t18-,20-/m1/s1. The molecule has 2 aliphatic rings. The average molecular weight is 270 g/mol. The first kappa shape index (κ1) is 14.2. The molecule has 1 saturated carbocycles. The number of fused-ring (bicyclic) bond motifs is 3. The third-order valence-corrected chi connectivity index (χ3v) is 6.34. The Morgan fingerprint density at radius 1 is 1.10 bits per heavy atom. The summed E-state index contributed by atoms with van der Waals surface area (Å²) in [6, 6.07) is 7.36. The van der Waals surface area contributed by atoms with E-state index in [2.05, 4.69) is 52.8 Å². The van der Waals surface area contributed by atoms with E-state index < -0.39 is 0 Å². The maximum absolute atomic E-state index is 2.55. The Balaban J connectivity index is 2.06. The SMILES string of the molecule is CC(C)c1ccc2c(c1)CC[C@@H]1C(C)(C)CCC[C@]21C. The maximum atomic E-state index is 2.55. The first-order valence-corrected chi connectivity index (χ1v) is 8.48. The molecule has 0 aliphatic heterocycles. The van der Waals surface area contributed by atoms with Gasteiger partial charge in [0.15, 0.2) is 0 Å². The fraction of sp³-hybridized carbons (Fsp3) is 0.700. The van der Waals surface area contributed by atoms with E-state index in [0.717, 1.165) is 5.92 Å². The topological polar surface area (TPSA) is 0 Å². The Labute approximate surface area is 125 Å². The molecule has 0 unspecified atom stereocenters. The van der Waals surface area contributed by atoms with Crippen molar-refractivity contribution in [2.75, 3.05) is 0 Å². The molecule has 0 aromatic heterocycles. The Morgan fingerprint density at radius 3 is 2.55 bits per heavy atom. The predicted octanol–water partition coefficient (Wildman–Crippen LogP) is 5.84. The van der Waals surface area contributed by atoms with Crippen molar-refractivity contribution in [3.05, 3.63) is 34.9 Å². The smallest absolute Gasteiger partial charge is 0.00391 e. The number of benzene rings is 1. The van der Waals surface area contributed by atoms with E-state index in [9.17, 15) is 0 Å². The first-order valence-electron chi connectivity index (χ1n) is 8.48. The quantitative estimate of drug-likeness (QED) is 0.601. The minimum Gasteiger partial charge on any atom is -0.0596 e. The van der Waals surface area contributed by atoms with Crippen molar-refractivity contribution in [3.63, 3.8) is 0 Å². The summed E-state index contributed by atoms with van der Waals surface area (Å²) >= 11 is 0. The Bertz CT molecular complexity index is 509. The number of hydrogen-bond acceptors (Lipinski definition) is 0. The van der Waals surface area contributed by atoms with Gasteiger partial charge < -0.3 is 0 Å².